The van der Waals surface area contributed by atoms with Crippen LogP contribution >= 0.6 is 27.5 Å². The van der Waals surface area contributed by atoms with Crippen LogP contribution in [0, 0.1) is 11.6 Å². The Morgan fingerprint density at radius 3 is 2.77 bits per heavy atom. The lowest BCUT2D eigenvalue weighted by atomic mass is 10.0. The standard InChI is InChI=1S/C14H8BrClF2N3O/c15-8-4-20-14-13(19-5-11(22)21-14)6(8)3-7-9(17)1-2-10(18)12(7)16/h1-2,4,19H,3,5H2. The van der Waals surface area contributed by atoms with Crippen molar-refractivity contribution in [3.8, 4) is 0 Å². The van der Waals surface area contributed by atoms with Crippen LogP contribution in [0.15, 0.2) is 22.8 Å². The van der Waals surface area contributed by atoms with Gasteiger partial charge in [-0.2, -0.15) is 5.32 Å². The maximum Gasteiger partial charge on any atom is 0.267 e. The maximum atomic E-state index is 14.0. The molecule has 0 unspecified atom stereocenters. The van der Waals surface area contributed by atoms with Crippen LogP contribution in [0.25, 0.3) is 0 Å². The van der Waals surface area contributed by atoms with E-state index in [1.54, 1.807) is 0 Å². The first-order valence-corrected chi connectivity index (χ1v) is 7.42. The number of hydrogen-bond donors (Lipinski definition) is 1. The van der Waals surface area contributed by atoms with Crippen molar-refractivity contribution in [2.24, 2.45) is 0 Å². The summed E-state index contributed by atoms with van der Waals surface area (Å²) in [5.74, 6) is -1.41. The summed E-state index contributed by atoms with van der Waals surface area (Å²) in [6.07, 6.45) is 1.49. The third kappa shape index (κ3) is 2.66. The van der Waals surface area contributed by atoms with Gasteiger partial charge in [0.05, 0.1) is 17.3 Å². The Balaban J connectivity index is 2.09. The Kier molecular flexibility index (Phi) is 4.01. The molecule has 1 aromatic carbocycles. The third-order valence-corrected chi connectivity index (χ3v) is 4.35. The molecule has 1 amide bonds. The first-order chi connectivity index (χ1) is 10.5. The molecule has 113 valence electrons. The number of benzene rings is 1. The fourth-order valence-electron chi connectivity index (χ4n) is 2.19. The number of fused-ring (bicyclic) bond motifs is 1. The van der Waals surface area contributed by atoms with Crippen LogP contribution in [0.4, 0.5) is 20.3 Å². The molecular weight excluding hydrogens is 380 g/mol. The van der Waals surface area contributed by atoms with Gasteiger partial charge in [-0.25, -0.2) is 13.8 Å². The fraction of sp³-hybridized carbons (Fsp3) is 0.143. The highest BCUT2D eigenvalue weighted by molar-refractivity contribution is 9.10. The monoisotopic (exact) mass is 386 g/mol. The van der Waals surface area contributed by atoms with Gasteiger partial charge in [-0.1, -0.05) is 11.6 Å². The van der Waals surface area contributed by atoms with Gasteiger partial charge in [0.1, 0.15) is 11.6 Å². The molecule has 0 saturated carbocycles. The molecule has 2 aromatic rings. The lowest BCUT2D eigenvalue weighted by molar-refractivity contribution is -0.118. The highest BCUT2D eigenvalue weighted by Gasteiger charge is 2.24. The number of anilines is 1. The zero-order chi connectivity index (χ0) is 15.9. The number of aromatic nitrogens is 1. The topological polar surface area (TPSA) is 56.1 Å². The number of rotatable bonds is 2. The van der Waals surface area contributed by atoms with Gasteiger partial charge in [0.2, 0.25) is 0 Å². The van der Waals surface area contributed by atoms with Gasteiger partial charge in [-0.15, -0.1) is 0 Å². The number of nitrogens with zero attached hydrogens (tertiary/aromatic N) is 2. The minimum absolute atomic E-state index is 0.0253. The van der Waals surface area contributed by atoms with Crippen molar-refractivity contribution < 1.29 is 13.6 Å². The van der Waals surface area contributed by atoms with E-state index < -0.39 is 11.6 Å². The van der Waals surface area contributed by atoms with Crippen LogP contribution in [-0.4, -0.2) is 17.4 Å². The number of amides is 1. The number of pyridine rings is 1. The zero-order valence-electron chi connectivity index (χ0n) is 11.0. The molecule has 1 N–H and O–H groups in total. The van der Waals surface area contributed by atoms with Gasteiger partial charge >= 0.3 is 0 Å². The second-order valence-corrected chi connectivity index (χ2v) is 5.87. The van der Waals surface area contributed by atoms with Gasteiger partial charge in [-0.3, -0.25) is 4.79 Å². The summed E-state index contributed by atoms with van der Waals surface area (Å²) in [4.78, 5) is 15.4. The largest absolute Gasteiger partial charge is 0.373 e. The molecule has 1 radical (unpaired) electrons. The highest BCUT2D eigenvalue weighted by atomic mass is 79.9. The Labute approximate surface area is 138 Å². The van der Waals surface area contributed by atoms with Crippen LogP contribution in [0.5, 0.6) is 0 Å². The van der Waals surface area contributed by atoms with Crippen molar-refractivity contribution in [1.29, 1.82) is 0 Å². The molecule has 0 spiro atoms. The lowest BCUT2D eigenvalue weighted by Gasteiger charge is -2.20. The van der Waals surface area contributed by atoms with Gasteiger partial charge < -0.3 is 5.32 Å². The SMILES string of the molecule is O=C1CNc2c(ncc(Br)c2Cc2c(F)ccc(F)c2Cl)[N]1. The quantitative estimate of drug-likeness (QED) is 0.802. The Hall–Kier alpha value is -1.73. The van der Waals surface area contributed by atoms with Crippen molar-refractivity contribution in [3.63, 3.8) is 0 Å². The van der Waals surface area contributed by atoms with E-state index in [0.29, 0.717) is 15.7 Å². The molecular formula is C14H8BrClF2N3O. The van der Waals surface area contributed by atoms with Crippen molar-refractivity contribution in [1.82, 2.24) is 10.3 Å². The van der Waals surface area contributed by atoms with E-state index in [1.165, 1.54) is 6.20 Å². The fourth-order valence-corrected chi connectivity index (χ4v) is 2.85. The van der Waals surface area contributed by atoms with E-state index in [-0.39, 0.29) is 35.3 Å². The first kappa shape index (κ1) is 15.2. The maximum absolute atomic E-state index is 14.0. The Morgan fingerprint density at radius 1 is 1.27 bits per heavy atom. The molecule has 0 atom stereocenters. The van der Waals surface area contributed by atoms with Crippen molar-refractivity contribution >= 4 is 44.9 Å². The van der Waals surface area contributed by atoms with Gasteiger partial charge in [0.25, 0.3) is 5.91 Å². The molecule has 1 aliphatic rings. The number of halogens is 4. The van der Waals surface area contributed by atoms with E-state index in [2.05, 4.69) is 31.5 Å². The zero-order valence-corrected chi connectivity index (χ0v) is 13.3. The number of hydrogen-bond acceptors (Lipinski definition) is 3. The minimum atomic E-state index is -0.690. The normalized spacial score (nSPS) is 13.4. The Morgan fingerprint density at radius 2 is 2.00 bits per heavy atom. The lowest BCUT2D eigenvalue weighted by Crippen LogP contribution is -2.28. The van der Waals surface area contributed by atoms with Gasteiger partial charge in [-0.05, 0) is 33.6 Å². The summed E-state index contributed by atoms with van der Waals surface area (Å²) in [6, 6.07) is 2.00. The van der Waals surface area contributed by atoms with Crippen molar-refractivity contribution in [2.75, 3.05) is 11.9 Å². The molecule has 22 heavy (non-hydrogen) atoms. The molecule has 1 aliphatic heterocycles. The minimum Gasteiger partial charge on any atom is -0.373 e. The summed E-state index contributed by atoms with van der Waals surface area (Å²) in [6.45, 7) is 0.0253. The second-order valence-electron chi connectivity index (χ2n) is 4.64. The second kappa shape index (κ2) is 5.81. The summed E-state index contributed by atoms with van der Waals surface area (Å²) in [5, 5.41) is 6.46. The van der Waals surface area contributed by atoms with Crippen molar-refractivity contribution in [2.45, 2.75) is 6.42 Å². The average molecular weight is 388 g/mol. The first-order valence-electron chi connectivity index (χ1n) is 6.25. The summed E-state index contributed by atoms with van der Waals surface area (Å²) in [7, 11) is 0. The molecule has 0 saturated heterocycles. The predicted molar refractivity (Wildman–Crippen MR) is 81.4 cm³/mol. The Bertz CT molecular complexity index is 785. The predicted octanol–water partition coefficient (Wildman–Crippen LogP) is 3.55. The molecule has 4 nitrogen and oxygen atoms in total. The molecule has 0 fully saturated rings. The van der Waals surface area contributed by atoms with Gasteiger partial charge in [0.15, 0.2) is 5.82 Å². The third-order valence-electron chi connectivity index (χ3n) is 3.25. The van der Waals surface area contributed by atoms with Crippen LogP contribution < -0.4 is 10.6 Å². The molecule has 8 heteroatoms. The summed E-state index contributed by atoms with van der Waals surface area (Å²) in [5.41, 5.74) is 1.15. The average Bonchev–Trinajstić information content (AvgIpc) is 2.49. The molecule has 0 aliphatic carbocycles. The van der Waals surface area contributed by atoms with Crippen LogP contribution in [0.3, 0.4) is 0 Å². The van der Waals surface area contributed by atoms with Crippen LogP contribution in [0.2, 0.25) is 5.02 Å². The van der Waals surface area contributed by atoms with Crippen LogP contribution in [-0.2, 0) is 11.2 Å². The number of carbonyl (C=O) groups is 1. The summed E-state index contributed by atoms with van der Waals surface area (Å²) < 4.78 is 28.1. The van der Waals surface area contributed by atoms with Crippen molar-refractivity contribution in [3.05, 3.63) is 50.6 Å². The molecule has 1 aromatic heterocycles. The smallest absolute Gasteiger partial charge is 0.267 e. The van der Waals surface area contributed by atoms with Crippen LogP contribution in [0.1, 0.15) is 11.1 Å². The summed E-state index contributed by atoms with van der Waals surface area (Å²) >= 11 is 9.19. The van der Waals surface area contributed by atoms with Gasteiger partial charge in [0, 0.05) is 22.7 Å². The number of nitrogens with one attached hydrogen (secondary N) is 1. The van der Waals surface area contributed by atoms with E-state index in [9.17, 15) is 13.6 Å². The van der Waals surface area contributed by atoms with E-state index in [1.807, 2.05) is 0 Å². The van der Waals surface area contributed by atoms with E-state index >= 15 is 0 Å². The molecule has 2 heterocycles. The molecule has 3 rings (SSSR count). The molecule has 0 bridgehead atoms. The van der Waals surface area contributed by atoms with E-state index in [4.69, 9.17) is 11.6 Å². The van der Waals surface area contributed by atoms with E-state index in [0.717, 1.165) is 12.1 Å². The number of carbonyl (C=O) groups excluding carboxylic acids is 1. The highest BCUT2D eigenvalue weighted by Crippen LogP contribution is 2.36.